The average Bonchev–Trinajstić information content (AvgIpc) is 3.35. The number of furan rings is 1. The number of thiazole rings is 1. The highest BCUT2D eigenvalue weighted by Gasteiger charge is 2.09. The number of guanidine groups is 1. The summed E-state index contributed by atoms with van der Waals surface area (Å²) in [5, 5.41) is 10.4. The number of nitrogens with zero attached hydrogens (tertiary/aromatic N) is 2. The molecule has 152 valence electrons. The van der Waals surface area contributed by atoms with E-state index in [1.54, 1.807) is 23.5 Å². The molecule has 1 amide bonds. The van der Waals surface area contributed by atoms with Gasteiger partial charge in [0.15, 0.2) is 11.7 Å². The fourth-order valence-corrected chi connectivity index (χ4v) is 3.51. The molecule has 2 aromatic heterocycles. The quantitative estimate of drug-likeness (QED) is 0.406. The van der Waals surface area contributed by atoms with E-state index < -0.39 is 0 Å². The topological polar surface area (TPSA) is 91.5 Å². The van der Waals surface area contributed by atoms with Gasteiger partial charge in [0.25, 0.3) is 5.91 Å². The van der Waals surface area contributed by atoms with E-state index in [9.17, 15) is 4.79 Å². The van der Waals surface area contributed by atoms with Gasteiger partial charge < -0.3 is 20.4 Å². The number of benzene rings is 1. The third-order valence-corrected chi connectivity index (χ3v) is 5.25. The summed E-state index contributed by atoms with van der Waals surface area (Å²) in [6.45, 7) is 8.00. The first-order chi connectivity index (χ1) is 14.0. The molecule has 0 atom stereocenters. The molecule has 0 saturated heterocycles. The number of aromatic nitrogens is 1. The van der Waals surface area contributed by atoms with E-state index in [1.807, 2.05) is 38.1 Å². The number of carbonyl (C=O) groups excluding carboxylic acids is 1. The van der Waals surface area contributed by atoms with Crippen molar-refractivity contribution in [3.05, 3.63) is 69.6 Å². The van der Waals surface area contributed by atoms with Gasteiger partial charge in [-0.2, -0.15) is 0 Å². The fourth-order valence-electron chi connectivity index (χ4n) is 2.63. The lowest BCUT2D eigenvalue weighted by Crippen LogP contribution is -2.36. The maximum absolute atomic E-state index is 12.1. The molecule has 1 aromatic carbocycles. The normalized spacial score (nSPS) is 11.3. The van der Waals surface area contributed by atoms with Crippen LogP contribution in [0.4, 0.5) is 5.69 Å². The Morgan fingerprint density at radius 2 is 2.07 bits per heavy atom. The Bertz CT molecular complexity index is 959. The summed E-state index contributed by atoms with van der Waals surface area (Å²) in [7, 11) is 0. The van der Waals surface area contributed by atoms with Crippen LogP contribution >= 0.6 is 11.3 Å². The van der Waals surface area contributed by atoms with Crippen LogP contribution in [0.1, 0.15) is 38.6 Å². The zero-order valence-electron chi connectivity index (χ0n) is 16.8. The van der Waals surface area contributed by atoms with E-state index in [0.29, 0.717) is 18.8 Å². The molecule has 8 heteroatoms. The Hall–Kier alpha value is -3.13. The van der Waals surface area contributed by atoms with Crippen molar-refractivity contribution in [2.75, 3.05) is 11.9 Å². The Kier molecular flexibility index (Phi) is 7.02. The number of aryl methyl sites for hydroxylation is 2. The number of carbonyl (C=O) groups is 1. The van der Waals surface area contributed by atoms with E-state index in [2.05, 4.69) is 32.9 Å². The van der Waals surface area contributed by atoms with E-state index in [-0.39, 0.29) is 11.7 Å². The van der Waals surface area contributed by atoms with Gasteiger partial charge in [-0.3, -0.25) is 4.79 Å². The predicted molar refractivity (Wildman–Crippen MR) is 116 cm³/mol. The smallest absolute Gasteiger partial charge is 0.291 e. The number of hydrogen-bond acceptors (Lipinski definition) is 5. The molecule has 29 heavy (non-hydrogen) atoms. The summed E-state index contributed by atoms with van der Waals surface area (Å²) in [6.07, 6.45) is 1.48. The molecule has 0 bridgehead atoms. The zero-order chi connectivity index (χ0) is 20.6. The van der Waals surface area contributed by atoms with Crippen LogP contribution in [0, 0.1) is 13.8 Å². The summed E-state index contributed by atoms with van der Waals surface area (Å²) in [5.41, 5.74) is 2.76. The van der Waals surface area contributed by atoms with Gasteiger partial charge >= 0.3 is 0 Å². The fraction of sp³-hybridized carbons (Fsp3) is 0.286. The highest BCUT2D eigenvalue weighted by atomic mass is 32.1. The van der Waals surface area contributed by atoms with Gasteiger partial charge in [0.1, 0.15) is 5.01 Å². The molecule has 3 rings (SSSR count). The highest BCUT2D eigenvalue weighted by Crippen LogP contribution is 2.16. The van der Waals surface area contributed by atoms with Crippen LogP contribution < -0.4 is 16.0 Å². The van der Waals surface area contributed by atoms with Crippen LogP contribution in [0.25, 0.3) is 0 Å². The SMILES string of the molecule is CCNC(=NCc1cccc(NC(=O)c2ccco2)c1)NCc1nc(C)c(C)s1. The van der Waals surface area contributed by atoms with Crippen LogP contribution in [0.3, 0.4) is 0 Å². The summed E-state index contributed by atoms with van der Waals surface area (Å²) >= 11 is 1.69. The zero-order valence-corrected chi connectivity index (χ0v) is 17.6. The standard InChI is InChI=1S/C21H25N5O2S/c1-4-22-21(24-13-19-25-14(2)15(3)29-19)23-12-16-7-5-8-17(11-16)26-20(27)18-9-6-10-28-18/h5-11H,4,12-13H2,1-3H3,(H,26,27)(H2,22,23,24). The van der Waals surface area contributed by atoms with Crippen LogP contribution in [0.15, 0.2) is 52.1 Å². The predicted octanol–water partition coefficient (Wildman–Crippen LogP) is 3.86. The molecular formula is C21H25N5O2S. The minimum Gasteiger partial charge on any atom is -0.459 e. The Labute approximate surface area is 174 Å². The van der Waals surface area contributed by atoms with Crippen molar-refractivity contribution in [2.45, 2.75) is 33.9 Å². The first kappa shape index (κ1) is 20.6. The van der Waals surface area contributed by atoms with Gasteiger partial charge in [-0.05, 0) is 50.6 Å². The number of amides is 1. The number of hydrogen-bond donors (Lipinski definition) is 3. The monoisotopic (exact) mass is 411 g/mol. The molecule has 2 heterocycles. The van der Waals surface area contributed by atoms with Gasteiger partial charge in [0.2, 0.25) is 0 Å². The minimum atomic E-state index is -0.278. The molecule has 3 N–H and O–H groups in total. The van der Waals surface area contributed by atoms with E-state index >= 15 is 0 Å². The maximum atomic E-state index is 12.1. The van der Waals surface area contributed by atoms with E-state index in [4.69, 9.17) is 4.42 Å². The molecule has 0 unspecified atom stereocenters. The molecule has 7 nitrogen and oxygen atoms in total. The van der Waals surface area contributed by atoms with Crippen LogP contribution in [0.5, 0.6) is 0 Å². The second-order valence-corrected chi connectivity index (χ2v) is 7.72. The number of rotatable bonds is 7. The van der Waals surface area contributed by atoms with E-state index in [1.165, 1.54) is 11.1 Å². The van der Waals surface area contributed by atoms with Crippen LogP contribution in [-0.4, -0.2) is 23.4 Å². The summed E-state index contributed by atoms with van der Waals surface area (Å²) in [6, 6.07) is 10.9. The molecule has 0 spiro atoms. The van der Waals surface area contributed by atoms with Gasteiger partial charge in [0.05, 0.1) is 25.0 Å². The van der Waals surface area contributed by atoms with Crippen molar-refractivity contribution in [3.8, 4) is 0 Å². The molecule has 0 radical (unpaired) electrons. The average molecular weight is 412 g/mol. The summed E-state index contributed by atoms with van der Waals surface area (Å²) in [4.78, 5) is 22.5. The van der Waals surface area contributed by atoms with Crippen LogP contribution in [0.2, 0.25) is 0 Å². The first-order valence-electron chi connectivity index (χ1n) is 9.44. The Morgan fingerprint density at radius 1 is 1.21 bits per heavy atom. The Balaban J connectivity index is 1.61. The number of anilines is 1. The van der Waals surface area contributed by atoms with Crippen molar-refractivity contribution >= 4 is 28.9 Å². The van der Waals surface area contributed by atoms with Crippen molar-refractivity contribution in [1.82, 2.24) is 15.6 Å². The lowest BCUT2D eigenvalue weighted by Gasteiger charge is -2.10. The van der Waals surface area contributed by atoms with Crippen LogP contribution in [-0.2, 0) is 13.1 Å². The van der Waals surface area contributed by atoms with Gasteiger partial charge in [-0.25, -0.2) is 9.98 Å². The van der Waals surface area contributed by atoms with Crippen molar-refractivity contribution in [3.63, 3.8) is 0 Å². The van der Waals surface area contributed by atoms with E-state index in [0.717, 1.165) is 28.8 Å². The maximum Gasteiger partial charge on any atom is 0.291 e. The number of nitrogens with one attached hydrogen (secondary N) is 3. The first-order valence-corrected chi connectivity index (χ1v) is 10.3. The summed E-state index contributed by atoms with van der Waals surface area (Å²) in [5.74, 6) is 0.724. The lowest BCUT2D eigenvalue weighted by atomic mass is 10.2. The number of aliphatic imine (C=N–C) groups is 1. The molecule has 0 aliphatic heterocycles. The lowest BCUT2D eigenvalue weighted by molar-refractivity contribution is 0.0996. The van der Waals surface area contributed by atoms with Crippen molar-refractivity contribution < 1.29 is 9.21 Å². The third kappa shape index (κ3) is 5.92. The second kappa shape index (κ2) is 9.88. The second-order valence-electron chi connectivity index (χ2n) is 6.43. The third-order valence-electron chi connectivity index (χ3n) is 4.17. The Morgan fingerprint density at radius 3 is 2.76 bits per heavy atom. The molecular weight excluding hydrogens is 386 g/mol. The minimum absolute atomic E-state index is 0.278. The van der Waals surface area contributed by atoms with Gasteiger partial charge in [-0.1, -0.05) is 12.1 Å². The molecule has 3 aromatic rings. The van der Waals surface area contributed by atoms with Crippen molar-refractivity contribution in [1.29, 1.82) is 0 Å². The summed E-state index contributed by atoms with van der Waals surface area (Å²) < 4.78 is 5.12. The molecule has 0 saturated carbocycles. The molecule has 0 aliphatic rings. The molecule has 0 aliphatic carbocycles. The largest absolute Gasteiger partial charge is 0.459 e. The van der Waals surface area contributed by atoms with Crippen molar-refractivity contribution in [2.24, 2.45) is 4.99 Å². The van der Waals surface area contributed by atoms with Gasteiger partial charge in [0, 0.05) is 17.1 Å². The highest BCUT2D eigenvalue weighted by molar-refractivity contribution is 7.11. The molecule has 0 fully saturated rings. The van der Waals surface area contributed by atoms with Gasteiger partial charge in [-0.15, -0.1) is 11.3 Å².